The molecule has 1 rings (SSSR count). The van der Waals surface area contributed by atoms with Gasteiger partial charge in [-0.15, -0.1) is 0 Å². The number of hydrogen-bond donors (Lipinski definition) is 7. The SMILES string of the molecule is O=P(O)(O)CCCC[C@@]1(O)O[C@H](CO)[C@@H](O)[C@H](O)[C@H]1O.[NaH]. The normalized spacial score (nSPS) is 37.1. The molecule has 7 N–H and O–H groups in total. The zero-order valence-electron chi connectivity index (χ0n) is 10.7. The molecule has 1 fully saturated rings. The minimum atomic E-state index is -4.13. The van der Waals surface area contributed by atoms with Gasteiger partial charge >= 0.3 is 37.2 Å². The Morgan fingerprint density at radius 3 is 2.14 bits per heavy atom. The number of aliphatic hydroxyl groups excluding tert-OH is 4. The Morgan fingerprint density at radius 2 is 1.67 bits per heavy atom. The molecular weight excluding hydrogens is 318 g/mol. The van der Waals surface area contributed by atoms with Gasteiger partial charge in [-0.1, -0.05) is 0 Å². The Balaban J connectivity index is 0.00000400. The van der Waals surface area contributed by atoms with E-state index in [4.69, 9.17) is 19.6 Å². The van der Waals surface area contributed by atoms with Gasteiger partial charge in [0.2, 0.25) is 0 Å². The molecule has 0 aliphatic carbocycles. The Morgan fingerprint density at radius 1 is 1.10 bits per heavy atom. The molecule has 1 aliphatic rings. The van der Waals surface area contributed by atoms with Crippen LogP contribution in [0.2, 0.25) is 0 Å². The van der Waals surface area contributed by atoms with Gasteiger partial charge < -0.3 is 40.1 Å². The molecule has 0 spiro atoms. The molecule has 0 aromatic heterocycles. The third-order valence-electron chi connectivity index (χ3n) is 3.29. The fraction of sp³-hybridized carbons (Fsp3) is 1.00. The van der Waals surface area contributed by atoms with Gasteiger partial charge in [0.25, 0.3) is 0 Å². The van der Waals surface area contributed by atoms with E-state index in [1.54, 1.807) is 0 Å². The average Bonchev–Trinajstić information content (AvgIpc) is 2.36. The summed E-state index contributed by atoms with van der Waals surface area (Å²) >= 11 is 0. The van der Waals surface area contributed by atoms with Gasteiger partial charge in [-0.25, -0.2) is 0 Å². The van der Waals surface area contributed by atoms with Crippen molar-refractivity contribution >= 4 is 37.2 Å². The fourth-order valence-corrected chi connectivity index (χ4v) is 2.76. The van der Waals surface area contributed by atoms with Crippen molar-refractivity contribution in [2.45, 2.75) is 49.5 Å². The first-order valence-corrected chi connectivity index (χ1v) is 8.00. The predicted octanol–water partition coefficient (Wildman–Crippen LogP) is -3.15. The van der Waals surface area contributed by atoms with E-state index in [1.807, 2.05) is 0 Å². The second kappa shape index (κ2) is 8.68. The van der Waals surface area contributed by atoms with Crippen LogP contribution in [0.25, 0.3) is 0 Å². The zero-order valence-corrected chi connectivity index (χ0v) is 11.6. The second-order valence-electron chi connectivity index (χ2n) is 4.96. The van der Waals surface area contributed by atoms with Gasteiger partial charge in [-0.05, 0) is 12.8 Å². The van der Waals surface area contributed by atoms with Crippen LogP contribution in [-0.2, 0) is 9.30 Å². The first-order valence-electron chi connectivity index (χ1n) is 6.20. The van der Waals surface area contributed by atoms with Crippen LogP contribution >= 0.6 is 7.60 Å². The summed E-state index contributed by atoms with van der Waals surface area (Å²) in [4.78, 5) is 17.4. The predicted molar refractivity (Wildman–Crippen MR) is 72.8 cm³/mol. The van der Waals surface area contributed by atoms with Gasteiger partial charge in [0.05, 0.1) is 6.61 Å². The topological polar surface area (TPSA) is 168 Å². The third-order valence-corrected chi connectivity index (χ3v) is 4.19. The molecule has 0 unspecified atom stereocenters. The van der Waals surface area contributed by atoms with Crippen LogP contribution in [0.1, 0.15) is 19.3 Å². The molecule has 1 aliphatic heterocycles. The van der Waals surface area contributed by atoms with E-state index in [2.05, 4.69) is 0 Å². The van der Waals surface area contributed by atoms with Crippen LogP contribution in [0, 0.1) is 0 Å². The van der Waals surface area contributed by atoms with E-state index in [1.165, 1.54) is 0 Å². The quantitative estimate of drug-likeness (QED) is 0.150. The second-order valence-corrected chi connectivity index (χ2v) is 6.73. The van der Waals surface area contributed by atoms with E-state index < -0.39 is 44.4 Å². The molecular formula is C10H22NaO9P. The Kier molecular flexibility index (Phi) is 9.05. The zero-order chi connectivity index (χ0) is 15.6. The number of ether oxygens (including phenoxy) is 1. The number of hydrogen-bond acceptors (Lipinski definition) is 7. The Labute approximate surface area is 144 Å². The van der Waals surface area contributed by atoms with Crippen LogP contribution in [0.3, 0.4) is 0 Å². The summed E-state index contributed by atoms with van der Waals surface area (Å²) < 4.78 is 15.7. The molecule has 5 atom stereocenters. The minimum absolute atomic E-state index is 0. The summed E-state index contributed by atoms with van der Waals surface area (Å²) in [5.41, 5.74) is 0. The third kappa shape index (κ3) is 6.14. The summed E-state index contributed by atoms with van der Waals surface area (Å²) in [6, 6.07) is 0. The van der Waals surface area contributed by atoms with Crippen molar-refractivity contribution in [3.8, 4) is 0 Å². The summed E-state index contributed by atoms with van der Waals surface area (Å²) in [7, 11) is -4.13. The number of aliphatic hydroxyl groups is 5. The summed E-state index contributed by atoms with van der Waals surface area (Å²) in [6.45, 7) is -0.657. The summed E-state index contributed by atoms with van der Waals surface area (Å²) in [6.07, 6.45) is -6.61. The standard InChI is InChI=1S/C10H21O9P.Na.H/c11-5-6-7(12)8(13)9(14)10(15,19-6)3-1-2-4-20(16,17)18;;/h6-9,11-15H,1-5H2,(H2,16,17,18);;/t6-,7-,8+,9-,10-;;/m1../s1. The maximum atomic E-state index is 10.7. The van der Waals surface area contributed by atoms with Gasteiger partial charge in [0.15, 0.2) is 5.79 Å². The molecule has 0 aromatic rings. The van der Waals surface area contributed by atoms with Crippen molar-refractivity contribution in [1.82, 2.24) is 0 Å². The molecule has 21 heavy (non-hydrogen) atoms. The van der Waals surface area contributed by atoms with Crippen LogP contribution in [0.15, 0.2) is 0 Å². The maximum absolute atomic E-state index is 10.7. The Bertz CT molecular complexity index is 362. The van der Waals surface area contributed by atoms with Crippen LogP contribution < -0.4 is 0 Å². The van der Waals surface area contributed by atoms with Crippen LogP contribution in [-0.4, -0.2) is 108 Å². The molecule has 1 heterocycles. The van der Waals surface area contributed by atoms with E-state index in [9.17, 15) is 25.0 Å². The van der Waals surface area contributed by atoms with E-state index in [0.717, 1.165) is 0 Å². The van der Waals surface area contributed by atoms with Crippen molar-refractivity contribution in [3.05, 3.63) is 0 Å². The molecule has 9 nitrogen and oxygen atoms in total. The molecule has 0 saturated carbocycles. The van der Waals surface area contributed by atoms with Crippen molar-refractivity contribution in [3.63, 3.8) is 0 Å². The molecule has 122 valence electrons. The first kappa shape index (κ1) is 21.9. The van der Waals surface area contributed by atoms with E-state index in [0.29, 0.717) is 0 Å². The molecule has 0 aromatic carbocycles. The molecule has 11 heteroatoms. The van der Waals surface area contributed by atoms with Gasteiger partial charge in [-0.2, -0.15) is 0 Å². The van der Waals surface area contributed by atoms with Gasteiger partial charge in [-0.3, -0.25) is 4.57 Å². The van der Waals surface area contributed by atoms with Crippen LogP contribution in [0.4, 0.5) is 0 Å². The van der Waals surface area contributed by atoms with Crippen LogP contribution in [0.5, 0.6) is 0 Å². The van der Waals surface area contributed by atoms with Crippen molar-refractivity contribution < 1.29 is 44.6 Å². The average molecular weight is 340 g/mol. The fourth-order valence-electron chi connectivity index (χ4n) is 2.12. The molecule has 0 amide bonds. The first-order chi connectivity index (χ1) is 9.10. The van der Waals surface area contributed by atoms with E-state index in [-0.39, 0.29) is 55.0 Å². The van der Waals surface area contributed by atoms with Crippen molar-refractivity contribution in [2.75, 3.05) is 12.8 Å². The molecule has 1 saturated heterocycles. The summed E-state index contributed by atoms with van der Waals surface area (Å²) in [5, 5.41) is 47.9. The summed E-state index contributed by atoms with van der Waals surface area (Å²) in [5.74, 6) is -2.18. The van der Waals surface area contributed by atoms with E-state index >= 15 is 0 Å². The molecule has 0 bridgehead atoms. The Hall–Kier alpha value is 0.910. The molecule has 0 radical (unpaired) electrons. The van der Waals surface area contributed by atoms with Gasteiger partial charge in [0.1, 0.15) is 24.4 Å². The van der Waals surface area contributed by atoms with Crippen molar-refractivity contribution in [1.29, 1.82) is 0 Å². The number of unbranched alkanes of at least 4 members (excludes halogenated alkanes) is 1. The monoisotopic (exact) mass is 340 g/mol. The van der Waals surface area contributed by atoms with Gasteiger partial charge in [0, 0.05) is 12.6 Å². The van der Waals surface area contributed by atoms with Crippen molar-refractivity contribution in [2.24, 2.45) is 0 Å². The number of rotatable bonds is 6.